The summed E-state index contributed by atoms with van der Waals surface area (Å²) >= 11 is 6.10. The van der Waals surface area contributed by atoms with Crippen LogP contribution in [0.5, 0.6) is 0 Å². The number of hydrogen-bond acceptors (Lipinski definition) is 4. The molecule has 3 aromatic rings. The Balaban J connectivity index is 1.43. The van der Waals surface area contributed by atoms with E-state index < -0.39 is 0 Å². The Morgan fingerprint density at radius 3 is 2.62 bits per heavy atom. The summed E-state index contributed by atoms with van der Waals surface area (Å²) in [7, 11) is 1.75. The molecule has 212 valence electrons. The quantitative estimate of drug-likeness (QED) is 0.187. The molecule has 1 saturated heterocycles. The third-order valence-electron chi connectivity index (χ3n) is 7.79. The summed E-state index contributed by atoms with van der Waals surface area (Å²) in [4.78, 5) is 28.8. The molecule has 0 aromatic heterocycles. The van der Waals surface area contributed by atoms with Gasteiger partial charge >= 0.3 is 0 Å². The van der Waals surface area contributed by atoms with Crippen molar-refractivity contribution in [2.75, 3.05) is 26.7 Å². The number of benzene rings is 3. The molecule has 1 aliphatic rings. The molecule has 1 fully saturated rings. The normalized spacial score (nSPS) is 18.3. The Bertz CT molecular complexity index is 1320. The molecule has 0 spiro atoms. The number of rotatable bonds is 11. The first kappa shape index (κ1) is 29.6. The Hall–Kier alpha value is -3.42. The number of amides is 2. The number of nitrogens with one attached hydrogen (secondary N) is 4. The molecule has 0 aliphatic carbocycles. The minimum Gasteiger partial charge on any atom is -0.377 e. The third kappa shape index (κ3) is 7.83. The van der Waals surface area contributed by atoms with E-state index in [1.165, 1.54) is 5.56 Å². The fraction of sp³-hybridized carbons (Fsp3) is 0.406. The summed E-state index contributed by atoms with van der Waals surface area (Å²) in [5.74, 6) is 0.699. The highest BCUT2D eigenvalue weighted by Crippen LogP contribution is 2.23. The van der Waals surface area contributed by atoms with Crippen molar-refractivity contribution >= 4 is 40.0 Å². The van der Waals surface area contributed by atoms with Gasteiger partial charge in [0.1, 0.15) is 0 Å². The fourth-order valence-electron chi connectivity index (χ4n) is 5.38. The van der Waals surface area contributed by atoms with E-state index in [-0.39, 0.29) is 29.8 Å². The van der Waals surface area contributed by atoms with Crippen LogP contribution < -0.4 is 16.0 Å². The lowest BCUT2D eigenvalue weighted by molar-refractivity contribution is -0.133. The number of nitrogens with zero attached hydrogens (tertiary/aromatic N) is 1. The van der Waals surface area contributed by atoms with Gasteiger partial charge in [0.25, 0.3) is 5.91 Å². The van der Waals surface area contributed by atoms with Crippen LogP contribution in [0.2, 0.25) is 5.02 Å². The second-order valence-electron chi connectivity index (χ2n) is 10.5. The van der Waals surface area contributed by atoms with Gasteiger partial charge in [-0.15, -0.1) is 0 Å². The predicted octanol–water partition coefficient (Wildman–Crippen LogP) is 5.34. The van der Waals surface area contributed by atoms with Crippen LogP contribution >= 0.6 is 11.6 Å². The fourth-order valence-corrected chi connectivity index (χ4v) is 5.56. The molecule has 4 rings (SSSR count). The van der Waals surface area contributed by atoms with E-state index in [1.54, 1.807) is 7.05 Å². The van der Waals surface area contributed by atoms with Crippen LogP contribution in [0.15, 0.2) is 66.7 Å². The van der Waals surface area contributed by atoms with Crippen LogP contribution in [0.1, 0.15) is 60.9 Å². The predicted molar refractivity (Wildman–Crippen MR) is 163 cm³/mol. The van der Waals surface area contributed by atoms with E-state index in [1.807, 2.05) is 59.5 Å². The van der Waals surface area contributed by atoms with Crippen molar-refractivity contribution in [2.45, 2.75) is 57.0 Å². The lowest BCUT2D eigenvalue weighted by Crippen LogP contribution is -2.49. The lowest BCUT2D eigenvalue weighted by atomic mass is 9.95. The maximum absolute atomic E-state index is 13.7. The smallest absolute Gasteiger partial charge is 0.251 e. The van der Waals surface area contributed by atoms with E-state index in [0.29, 0.717) is 48.9 Å². The third-order valence-corrected chi connectivity index (χ3v) is 8.03. The van der Waals surface area contributed by atoms with Gasteiger partial charge in [0.05, 0.1) is 11.9 Å². The van der Waals surface area contributed by atoms with E-state index >= 15 is 0 Å². The van der Waals surface area contributed by atoms with Gasteiger partial charge in [0.15, 0.2) is 0 Å². The minimum absolute atomic E-state index is 0.0392. The largest absolute Gasteiger partial charge is 0.377 e. The van der Waals surface area contributed by atoms with Crippen LogP contribution in [-0.4, -0.2) is 61.3 Å². The molecular formula is C32H40ClN5O2. The summed E-state index contributed by atoms with van der Waals surface area (Å²) in [5.41, 5.74) is 1.84. The molecule has 7 nitrogen and oxygen atoms in total. The standard InChI is InChI=1S/C32H40ClN5O2/c1-3-22(23-8-5-4-6-9-23)21-38-17-16-28(37-29(32(38)40)10-7-11-30(34)35-2)20-36-31(39)26-13-12-25-19-27(33)15-14-24(25)18-26/h4-6,8-9,12-15,18-19,22,28-29,37H,3,7,10-11,16-17,20-21H2,1-2H3,(H2,34,35)(H,36,39)/t22-,28+,29+/m1/s1. The molecule has 1 aliphatic heterocycles. The van der Waals surface area contributed by atoms with Crippen molar-refractivity contribution in [1.82, 2.24) is 20.9 Å². The number of halogens is 1. The Morgan fingerprint density at radius 1 is 1.12 bits per heavy atom. The van der Waals surface area contributed by atoms with Gasteiger partial charge in [-0.1, -0.05) is 61.0 Å². The zero-order valence-corrected chi connectivity index (χ0v) is 24.1. The maximum Gasteiger partial charge on any atom is 0.251 e. The average molecular weight is 562 g/mol. The Morgan fingerprint density at radius 2 is 1.88 bits per heavy atom. The van der Waals surface area contributed by atoms with Crippen LogP contribution in [0, 0.1) is 5.41 Å². The van der Waals surface area contributed by atoms with E-state index in [2.05, 4.69) is 35.0 Å². The SMILES string of the molecule is CC[C@H](CN1CC[C@@H](CNC(=O)c2ccc3cc(Cl)ccc3c2)N[C@@H](CCCC(=N)NC)C1=O)c1ccccc1. The summed E-state index contributed by atoms with van der Waals surface area (Å²) in [6.07, 6.45) is 3.66. The van der Waals surface area contributed by atoms with Gasteiger partial charge in [-0.25, -0.2) is 0 Å². The first-order chi connectivity index (χ1) is 19.4. The van der Waals surface area contributed by atoms with Crippen LogP contribution in [0.25, 0.3) is 10.8 Å². The van der Waals surface area contributed by atoms with Gasteiger partial charge in [-0.05, 0) is 66.3 Å². The Kier molecular flexibility index (Phi) is 10.6. The molecule has 3 aromatic carbocycles. The van der Waals surface area contributed by atoms with Crippen LogP contribution in [0.4, 0.5) is 0 Å². The highest BCUT2D eigenvalue weighted by Gasteiger charge is 2.32. The number of carbonyl (C=O) groups excluding carboxylic acids is 2. The van der Waals surface area contributed by atoms with Gasteiger partial charge in [0, 0.05) is 55.6 Å². The molecule has 8 heteroatoms. The van der Waals surface area contributed by atoms with Crippen LogP contribution in [-0.2, 0) is 4.79 Å². The zero-order valence-electron chi connectivity index (χ0n) is 23.4. The Labute approximate surface area is 242 Å². The first-order valence-corrected chi connectivity index (χ1v) is 14.6. The first-order valence-electron chi connectivity index (χ1n) is 14.2. The van der Waals surface area contributed by atoms with E-state index in [9.17, 15) is 9.59 Å². The molecular weight excluding hydrogens is 522 g/mol. The number of carbonyl (C=O) groups is 2. The number of hydrogen-bond donors (Lipinski definition) is 4. The molecule has 40 heavy (non-hydrogen) atoms. The van der Waals surface area contributed by atoms with Crippen molar-refractivity contribution in [2.24, 2.45) is 0 Å². The molecule has 4 N–H and O–H groups in total. The second kappa shape index (κ2) is 14.3. The summed E-state index contributed by atoms with van der Waals surface area (Å²) in [6, 6.07) is 21.2. The second-order valence-corrected chi connectivity index (χ2v) is 11.0. The molecule has 2 amide bonds. The maximum atomic E-state index is 13.7. The van der Waals surface area contributed by atoms with E-state index in [4.69, 9.17) is 17.0 Å². The number of amidine groups is 1. The molecule has 1 heterocycles. The lowest BCUT2D eigenvalue weighted by Gasteiger charge is -2.28. The van der Waals surface area contributed by atoms with Gasteiger partial charge < -0.3 is 20.9 Å². The van der Waals surface area contributed by atoms with Gasteiger partial charge in [-0.3, -0.25) is 15.0 Å². The molecule has 0 radical (unpaired) electrons. The zero-order chi connectivity index (χ0) is 28.5. The van der Waals surface area contributed by atoms with Crippen molar-refractivity contribution in [3.8, 4) is 0 Å². The van der Waals surface area contributed by atoms with E-state index in [0.717, 1.165) is 30.0 Å². The summed E-state index contributed by atoms with van der Waals surface area (Å²) in [5, 5.41) is 20.0. The number of fused-ring (bicyclic) bond motifs is 1. The minimum atomic E-state index is -0.354. The highest BCUT2D eigenvalue weighted by molar-refractivity contribution is 6.31. The van der Waals surface area contributed by atoms with Gasteiger partial charge in [-0.2, -0.15) is 0 Å². The average Bonchev–Trinajstić information content (AvgIpc) is 3.12. The summed E-state index contributed by atoms with van der Waals surface area (Å²) < 4.78 is 0. The van der Waals surface area contributed by atoms with Crippen LogP contribution in [0.3, 0.4) is 0 Å². The highest BCUT2D eigenvalue weighted by atomic mass is 35.5. The molecule has 3 atom stereocenters. The molecule has 0 saturated carbocycles. The van der Waals surface area contributed by atoms with Gasteiger partial charge in [0.2, 0.25) is 5.91 Å². The molecule has 0 bridgehead atoms. The van der Waals surface area contributed by atoms with Crippen molar-refractivity contribution in [3.63, 3.8) is 0 Å². The van der Waals surface area contributed by atoms with Crippen molar-refractivity contribution in [3.05, 3.63) is 82.9 Å². The summed E-state index contributed by atoms with van der Waals surface area (Å²) in [6.45, 7) is 3.90. The van der Waals surface area contributed by atoms with Crippen molar-refractivity contribution in [1.29, 1.82) is 5.41 Å². The monoisotopic (exact) mass is 561 g/mol. The van der Waals surface area contributed by atoms with Crippen molar-refractivity contribution < 1.29 is 9.59 Å². The topological polar surface area (TPSA) is 97.3 Å². The molecule has 0 unspecified atom stereocenters.